The highest BCUT2D eigenvalue weighted by atomic mass is 16.7. The Balaban J connectivity index is 1.59. The summed E-state index contributed by atoms with van der Waals surface area (Å²) in [6.07, 6.45) is 0.488. The molecule has 1 aromatic rings. The van der Waals surface area contributed by atoms with E-state index in [4.69, 9.17) is 9.57 Å². The van der Waals surface area contributed by atoms with E-state index in [1.54, 1.807) is 25.1 Å². The largest absolute Gasteiger partial charge is 0.497 e. The number of fused-ring (bicyclic) bond motifs is 2. The fourth-order valence-corrected chi connectivity index (χ4v) is 6.83. The van der Waals surface area contributed by atoms with Crippen LogP contribution < -0.4 is 15.5 Å². The molecule has 3 aliphatic carbocycles. The van der Waals surface area contributed by atoms with E-state index in [0.29, 0.717) is 28.7 Å². The summed E-state index contributed by atoms with van der Waals surface area (Å²) in [6, 6.07) is 4.19. The van der Waals surface area contributed by atoms with Crippen LogP contribution in [0.3, 0.4) is 0 Å². The molecule has 10 heteroatoms. The SMILES string of the molecule is COc1c(CN2O[C@@H](CO)[C@@H]([C@H](C)O)C2C(=O)N[C@H]2C[C@H]3C[C@@H]([C@@H]2C)C3(C)C)cccc1B(O)O. The zero-order valence-electron chi connectivity index (χ0n) is 21.2. The van der Waals surface area contributed by atoms with Gasteiger partial charge in [0.25, 0.3) is 0 Å². The zero-order chi connectivity index (χ0) is 25.7. The van der Waals surface area contributed by atoms with Crippen molar-refractivity contribution in [1.82, 2.24) is 10.4 Å². The molecule has 0 spiro atoms. The highest BCUT2D eigenvalue weighted by Gasteiger charge is 2.57. The average Bonchev–Trinajstić information content (AvgIpc) is 3.18. The van der Waals surface area contributed by atoms with Gasteiger partial charge in [-0.1, -0.05) is 39.0 Å². The van der Waals surface area contributed by atoms with E-state index in [-0.39, 0.29) is 36.3 Å². The highest BCUT2D eigenvalue weighted by Crippen LogP contribution is 2.61. The third-order valence-corrected chi connectivity index (χ3v) is 9.00. The standard InChI is InChI=1S/C25H39BN2O7/c1-13-17-9-16(25(17,3)4)10-19(13)27-24(31)22-21(14(2)30)20(12-29)35-28(22)11-15-7-6-8-18(26(32)33)23(15)34-5/h6-8,13-14,16-17,19-22,29-30,32-33H,9-12H2,1-5H3,(H,27,31)/t13-,14-,16+,17-,19-,20-,21+,22?/m0/s1. The summed E-state index contributed by atoms with van der Waals surface area (Å²) in [6.45, 7) is 8.18. The quantitative estimate of drug-likeness (QED) is 0.323. The number of nitrogens with one attached hydrogen (secondary N) is 1. The van der Waals surface area contributed by atoms with E-state index in [0.717, 1.165) is 6.42 Å². The molecule has 1 heterocycles. The van der Waals surface area contributed by atoms with E-state index in [2.05, 4.69) is 26.1 Å². The van der Waals surface area contributed by atoms with Crippen molar-refractivity contribution >= 4 is 18.5 Å². The molecule has 1 unspecified atom stereocenters. The first-order valence-corrected chi connectivity index (χ1v) is 12.6. The summed E-state index contributed by atoms with van der Waals surface area (Å²) in [5, 5.41) is 44.7. The maximum Gasteiger partial charge on any atom is 0.492 e. The van der Waals surface area contributed by atoms with Crippen LogP contribution in [-0.4, -0.2) is 76.4 Å². The Morgan fingerprint density at radius 3 is 2.60 bits per heavy atom. The predicted octanol–water partition coefficient (Wildman–Crippen LogP) is 0.0356. The number of hydrogen-bond acceptors (Lipinski definition) is 8. The minimum Gasteiger partial charge on any atom is -0.497 e. The number of nitrogens with zero attached hydrogens (tertiary/aromatic N) is 1. The minimum atomic E-state index is -1.72. The van der Waals surface area contributed by atoms with Gasteiger partial charge < -0.3 is 30.3 Å². The molecule has 4 aliphatic rings. The van der Waals surface area contributed by atoms with E-state index in [9.17, 15) is 25.1 Å². The van der Waals surface area contributed by atoms with Crippen LogP contribution in [0.5, 0.6) is 5.75 Å². The molecule has 2 bridgehead atoms. The molecule has 8 atom stereocenters. The third-order valence-electron chi connectivity index (χ3n) is 9.00. The van der Waals surface area contributed by atoms with Crippen molar-refractivity contribution in [2.75, 3.05) is 13.7 Å². The van der Waals surface area contributed by atoms with Crippen molar-refractivity contribution in [3.05, 3.63) is 23.8 Å². The second-order valence-electron chi connectivity index (χ2n) is 11.1. The van der Waals surface area contributed by atoms with E-state index in [1.807, 2.05) is 0 Å². The zero-order valence-corrected chi connectivity index (χ0v) is 21.2. The predicted molar refractivity (Wildman–Crippen MR) is 130 cm³/mol. The number of para-hydroxylation sites is 1. The topological polar surface area (TPSA) is 132 Å². The molecule has 1 saturated heterocycles. The molecule has 194 valence electrons. The summed E-state index contributed by atoms with van der Waals surface area (Å²) in [4.78, 5) is 19.7. The Morgan fingerprint density at radius 1 is 1.34 bits per heavy atom. The molecule has 0 aromatic heterocycles. The fraction of sp³-hybridized carbons (Fsp3) is 0.720. The Kier molecular flexibility index (Phi) is 7.53. The lowest BCUT2D eigenvalue weighted by atomic mass is 9.45. The van der Waals surface area contributed by atoms with Gasteiger partial charge in [-0.05, 0) is 42.9 Å². The van der Waals surface area contributed by atoms with Crippen molar-refractivity contribution in [2.45, 2.75) is 71.4 Å². The van der Waals surface area contributed by atoms with Crippen LogP contribution in [0.2, 0.25) is 0 Å². The van der Waals surface area contributed by atoms with Crippen LogP contribution in [0.15, 0.2) is 18.2 Å². The lowest BCUT2D eigenvalue weighted by Crippen LogP contribution is -2.62. The molecule has 35 heavy (non-hydrogen) atoms. The van der Waals surface area contributed by atoms with Gasteiger partial charge in [0, 0.05) is 23.0 Å². The summed E-state index contributed by atoms with van der Waals surface area (Å²) in [5.41, 5.74) is 1.09. The summed E-state index contributed by atoms with van der Waals surface area (Å²) in [5.74, 6) is 0.907. The Hall–Kier alpha value is -1.69. The van der Waals surface area contributed by atoms with Crippen molar-refractivity contribution in [2.24, 2.45) is 29.1 Å². The number of aliphatic hydroxyl groups is 2. The number of aliphatic hydroxyl groups excluding tert-OH is 2. The Bertz CT molecular complexity index is 927. The van der Waals surface area contributed by atoms with Crippen LogP contribution >= 0.6 is 0 Å². The first-order chi connectivity index (χ1) is 16.5. The molecule has 1 aromatic carbocycles. The lowest BCUT2D eigenvalue weighted by Gasteiger charge is -2.62. The van der Waals surface area contributed by atoms with E-state index >= 15 is 0 Å². The van der Waals surface area contributed by atoms with Gasteiger partial charge in [0.2, 0.25) is 5.91 Å². The first kappa shape index (κ1) is 26.4. The van der Waals surface area contributed by atoms with Gasteiger partial charge in [-0.25, -0.2) is 0 Å². The van der Waals surface area contributed by atoms with Gasteiger partial charge in [0.15, 0.2) is 0 Å². The summed E-state index contributed by atoms with van der Waals surface area (Å²) < 4.78 is 5.44. The molecule has 9 nitrogen and oxygen atoms in total. The average molecular weight is 490 g/mol. The third kappa shape index (κ3) is 4.60. The van der Waals surface area contributed by atoms with E-state index in [1.165, 1.54) is 18.6 Å². The number of hydroxylamine groups is 2. The fourth-order valence-electron chi connectivity index (χ4n) is 6.83. The molecule has 3 saturated carbocycles. The highest BCUT2D eigenvalue weighted by molar-refractivity contribution is 6.59. The number of benzene rings is 1. The second kappa shape index (κ2) is 9.99. The monoisotopic (exact) mass is 490 g/mol. The van der Waals surface area contributed by atoms with E-state index < -0.39 is 31.3 Å². The maximum absolute atomic E-state index is 13.7. The second-order valence-corrected chi connectivity index (χ2v) is 11.1. The first-order valence-electron chi connectivity index (χ1n) is 12.6. The van der Waals surface area contributed by atoms with Crippen LogP contribution in [0, 0.1) is 29.1 Å². The van der Waals surface area contributed by atoms with Crippen molar-refractivity contribution in [3.63, 3.8) is 0 Å². The number of carbonyl (C=O) groups is 1. The summed E-state index contributed by atoms with van der Waals surface area (Å²) in [7, 11) is -0.283. The molecule has 0 radical (unpaired) electrons. The van der Waals surface area contributed by atoms with Crippen LogP contribution in [0.25, 0.3) is 0 Å². The van der Waals surface area contributed by atoms with Crippen LogP contribution in [0.4, 0.5) is 0 Å². The Labute approximate surface area is 207 Å². The van der Waals surface area contributed by atoms with Gasteiger partial charge in [-0.3, -0.25) is 9.63 Å². The molecular formula is C25H39BN2O7. The minimum absolute atomic E-state index is 0.0475. The van der Waals surface area contributed by atoms with Gasteiger partial charge in [-0.2, -0.15) is 5.06 Å². The number of hydrogen-bond donors (Lipinski definition) is 5. The van der Waals surface area contributed by atoms with Gasteiger partial charge in [0.1, 0.15) is 17.9 Å². The van der Waals surface area contributed by atoms with Gasteiger partial charge in [-0.15, -0.1) is 0 Å². The van der Waals surface area contributed by atoms with Crippen LogP contribution in [0.1, 0.15) is 46.1 Å². The van der Waals surface area contributed by atoms with Crippen molar-refractivity contribution < 1.29 is 34.6 Å². The van der Waals surface area contributed by atoms with Gasteiger partial charge in [0.05, 0.1) is 26.4 Å². The normalized spacial score (nSPS) is 34.7. The number of ether oxygens (including phenoxy) is 1. The lowest BCUT2D eigenvalue weighted by molar-refractivity contribution is -0.183. The number of rotatable bonds is 8. The number of amides is 1. The molecule has 1 aliphatic heterocycles. The maximum atomic E-state index is 13.7. The number of carbonyl (C=O) groups excluding carboxylic acids is 1. The number of methoxy groups -OCH3 is 1. The summed E-state index contributed by atoms with van der Waals surface area (Å²) >= 11 is 0. The smallest absolute Gasteiger partial charge is 0.492 e. The molecule has 5 N–H and O–H groups in total. The van der Waals surface area contributed by atoms with Crippen LogP contribution in [-0.2, 0) is 16.2 Å². The van der Waals surface area contributed by atoms with Crippen molar-refractivity contribution in [3.8, 4) is 5.75 Å². The molecule has 1 amide bonds. The molecular weight excluding hydrogens is 451 g/mol. The molecule has 5 rings (SSSR count). The van der Waals surface area contributed by atoms with Gasteiger partial charge >= 0.3 is 7.12 Å². The Morgan fingerprint density at radius 2 is 2.06 bits per heavy atom. The van der Waals surface area contributed by atoms with Crippen molar-refractivity contribution in [1.29, 1.82) is 0 Å². The molecule has 4 fully saturated rings.